The minimum Gasteiger partial charge on any atom is -0.320 e. The molecule has 0 spiro atoms. The van der Waals surface area contributed by atoms with Crippen LogP contribution in [0.25, 0.3) is 0 Å². The highest BCUT2D eigenvalue weighted by atomic mass is 79.9. The largest absolute Gasteiger partial charge is 0.320 e. The van der Waals surface area contributed by atoms with Crippen LogP contribution in [-0.4, -0.2) is 32.1 Å². The van der Waals surface area contributed by atoms with Gasteiger partial charge in [-0.3, -0.25) is 4.90 Å². The molecular weight excluding hydrogens is 276 g/mol. The summed E-state index contributed by atoms with van der Waals surface area (Å²) >= 11 is 3.55. The van der Waals surface area contributed by atoms with E-state index in [1.165, 1.54) is 41.4 Å². The lowest BCUT2D eigenvalue weighted by Gasteiger charge is -2.25. The van der Waals surface area contributed by atoms with Gasteiger partial charge >= 0.3 is 0 Å². The summed E-state index contributed by atoms with van der Waals surface area (Å²) in [6, 6.07) is 7.34. The molecule has 1 N–H and O–H groups in total. The normalized spacial score (nSPS) is 18.7. The summed E-state index contributed by atoms with van der Waals surface area (Å²) in [4.78, 5) is 2.50. The highest BCUT2D eigenvalue weighted by molar-refractivity contribution is 9.10. The Morgan fingerprint density at radius 1 is 1.47 bits per heavy atom. The molecule has 0 fully saturated rings. The number of halogens is 1. The molecule has 0 saturated carbocycles. The summed E-state index contributed by atoms with van der Waals surface area (Å²) in [6.07, 6.45) is 3.70. The molecule has 3 heteroatoms. The summed E-state index contributed by atoms with van der Waals surface area (Å²) < 4.78 is 1.20. The number of rotatable bonds is 5. The molecule has 0 heterocycles. The fraction of sp³-hybridized carbons (Fsp3) is 0.571. The average Bonchev–Trinajstić information content (AvgIpc) is 2.72. The van der Waals surface area contributed by atoms with E-state index in [0.717, 1.165) is 6.54 Å². The Morgan fingerprint density at radius 3 is 3.06 bits per heavy atom. The zero-order valence-corrected chi connectivity index (χ0v) is 12.3. The Bertz CT molecular complexity index is 378. The topological polar surface area (TPSA) is 15.3 Å². The Labute approximate surface area is 113 Å². The SMILES string of the molecule is CNCCCN(C)C1CCc2cc(Br)ccc21. The molecule has 1 aromatic carbocycles. The molecule has 2 nitrogen and oxygen atoms in total. The first-order valence-electron chi connectivity index (χ1n) is 6.35. The van der Waals surface area contributed by atoms with Crippen LogP contribution in [0.3, 0.4) is 0 Å². The van der Waals surface area contributed by atoms with Crippen LogP contribution in [0.2, 0.25) is 0 Å². The van der Waals surface area contributed by atoms with Crippen LogP contribution in [-0.2, 0) is 6.42 Å². The summed E-state index contributed by atoms with van der Waals surface area (Å²) in [6.45, 7) is 2.27. The quantitative estimate of drug-likeness (QED) is 0.841. The molecule has 94 valence electrons. The van der Waals surface area contributed by atoms with Crippen molar-refractivity contribution in [1.29, 1.82) is 0 Å². The summed E-state index contributed by atoms with van der Waals surface area (Å²) in [7, 11) is 4.26. The summed E-state index contributed by atoms with van der Waals surface area (Å²) in [5, 5.41) is 3.21. The molecule has 1 aliphatic carbocycles. The van der Waals surface area contributed by atoms with Crippen LogP contribution in [0.4, 0.5) is 0 Å². The Hall–Kier alpha value is -0.380. The lowest BCUT2D eigenvalue weighted by molar-refractivity contribution is 0.241. The van der Waals surface area contributed by atoms with Crippen molar-refractivity contribution in [3.05, 3.63) is 33.8 Å². The number of nitrogens with one attached hydrogen (secondary N) is 1. The van der Waals surface area contributed by atoms with Gasteiger partial charge in [0.1, 0.15) is 0 Å². The van der Waals surface area contributed by atoms with Gasteiger partial charge in [-0.15, -0.1) is 0 Å². The molecule has 17 heavy (non-hydrogen) atoms. The summed E-state index contributed by atoms with van der Waals surface area (Å²) in [5.74, 6) is 0. The van der Waals surface area contributed by atoms with E-state index in [2.05, 4.69) is 51.4 Å². The van der Waals surface area contributed by atoms with Gasteiger partial charge in [0.25, 0.3) is 0 Å². The monoisotopic (exact) mass is 296 g/mol. The van der Waals surface area contributed by atoms with Crippen molar-refractivity contribution in [3.63, 3.8) is 0 Å². The third kappa shape index (κ3) is 3.09. The molecule has 0 bridgehead atoms. The van der Waals surface area contributed by atoms with Gasteiger partial charge in [0.15, 0.2) is 0 Å². The minimum absolute atomic E-state index is 0.620. The predicted molar refractivity (Wildman–Crippen MR) is 76.4 cm³/mol. The zero-order chi connectivity index (χ0) is 12.3. The summed E-state index contributed by atoms with van der Waals surface area (Å²) in [5.41, 5.74) is 3.05. The van der Waals surface area contributed by atoms with E-state index in [0.29, 0.717) is 6.04 Å². The van der Waals surface area contributed by atoms with E-state index in [9.17, 15) is 0 Å². The number of fused-ring (bicyclic) bond motifs is 1. The van der Waals surface area contributed by atoms with Crippen molar-refractivity contribution >= 4 is 15.9 Å². The maximum atomic E-state index is 3.55. The third-order valence-electron chi connectivity index (χ3n) is 3.62. The predicted octanol–water partition coefficient (Wildman–Crippen LogP) is 2.98. The van der Waals surface area contributed by atoms with E-state index in [1.807, 2.05) is 7.05 Å². The van der Waals surface area contributed by atoms with Gasteiger partial charge in [0.2, 0.25) is 0 Å². The minimum atomic E-state index is 0.620. The molecule has 0 aliphatic heterocycles. The molecule has 1 atom stereocenters. The highest BCUT2D eigenvalue weighted by Gasteiger charge is 2.25. The van der Waals surface area contributed by atoms with Crippen LogP contribution >= 0.6 is 15.9 Å². The van der Waals surface area contributed by atoms with Gasteiger partial charge in [-0.25, -0.2) is 0 Å². The standard InChI is InChI=1S/C14H21BrN2/c1-16-8-3-9-17(2)14-7-4-11-10-12(15)5-6-13(11)14/h5-6,10,14,16H,3-4,7-9H2,1-2H3. The van der Waals surface area contributed by atoms with Gasteiger partial charge in [0, 0.05) is 10.5 Å². The maximum absolute atomic E-state index is 3.55. The molecule has 1 aromatic rings. The van der Waals surface area contributed by atoms with E-state index in [1.54, 1.807) is 0 Å². The Morgan fingerprint density at radius 2 is 2.29 bits per heavy atom. The second-order valence-electron chi connectivity index (χ2n) is 4.84. The van der Waals surface area contributed by atoms with Crippen molar-refractivity contribution in [2.45, 2.75) is 25.3 Å². The Balaban J connectivity index is 2.01. The van der Waals surface area contributed by atoms with Gasteiger partial charge in [0.05, 0.1) is 0 Å². The van der Waals surface area contributed by atoms with E-state index in [4.69, 9.17) is 0 Å². The van der Waals surface area contributed by atoms with E-state index < -0.39 is 0 Å². The van der Waals surface area contributed by atoms with Crippen LogP contribution in [0.1, 0.15) is 30.0 Å². The molecule has 0 radical (unpaired) electrons. The highest BCUT2D eigenvalue weighted by Crippen LogP contribution is 2.36. The van der Waals surface area contributed by atoms with Crippen molar-refractivity contribution in [3.8, 4) is 0 Å². The van der Waals surface area contributed by atoms with Gasteiger partial charge < -0.3 is 5.32 Å². The number of benzene rings is 1. The first kappa shape index (κ1) is 13.1. The number of nitrogens with zero attached hydrogens (tertiary/aromatic N) is 1. The van der Waals surface area contributed by atoms with Crippen molar-refractivity contribution < 1.29 is 0 Å². The van der Waals surface area contributed by atoms with Gasteiger partial charge in [-0.05, 0) is 69.7 Å². The molecule has 0 saturated heterocycles. The second kappa shape index (κ2) is 5.98. The molecule has 0 amide bonds. The number of aryl methyl sites for hydroxylation is 1. The number of hydrogen-bond acceptors (Lipinski definition) is 2. The average molecular weight is 297 g/mol. The van der Waals surface area contributed by atoms with Crippen molar-refractivity contribution in [1.82, 2.24) is 10.2 Å². The first-order chi connectivity index (χ1) is 8.22. The van der Waals surface area contributed by atoms with Gasteiger partial charge in [-0.1, -0.05) is 22.0 Å². The van der Waals surface area contributed by atoms with Crippen LogP contribution < -0.4 is 5.32 Å². The van der Waals surface area contributed by atoms with Crippen LogP contribution in [0, 0.1) is 0 Å². The first-order valence-corrected chi connectivity index (χ1v) is 7.15. The second-order valence-corrected chi connectivity index (χ2v) is 5.75. The van der Waals surface area contributed by atoms with E-state index in [-0.39, 0.29) is 0 Å². The lowest BCUT2D eigenvalue weighted by atomic mass is 10.1. The van der Waals surface area contributed by atoms with Crippen LogP contribution in [0.15, 0.2) is 22.7 Å². The van der Waals surface area contributed by atoms with Crippen molar-refractivity contribution in [2.24, 2.45) is 0 Å². The van der Waals surface area contributed by atoms with E-state index >= 15 is 0 Å². The molecule has 0 aromatic heterocycles. The third-order valence-corrected chi connectivity index (χ3v) is 4.11. The smallest absolute Gasteiger partial charge is 0.0350 e. The number of hydrogen-bond donors (Lipinski definition) is 1. The fourth-order valence-electron chi connectivity index (χ4n) is 2.68. The molecule has 1 aliphatic rings. The van der Waals surface area contributed by atoms with Crippen molar-refractivity contribution in [2.75, 3.05) is 27.2 Å². The molecular formula is C14H21BrN2. The lowest BCUT2D eigenvalue weighted by Crippen LogP contribution is -2.26. The van der Waals surface area contributed by atoms with Crippen LogP contribution in [0.5, 0.6) is 0 Å². The molecule has 1 unspecified atom stereocenters. The zero-order valence-electron chi connectivity index (χ0n) is 10.7. The van der Waals surface area contributed by atoms with Gasteiger partial charge in [-0.2, -0.15) is 0 Å². The maximum Gasteiger partial charge on any atom is 0.0350 e. The Kier molecular flexibility index (Phi) is 4.60. The molecule has 2 rings (SSSR count). The fourth-order valence-corrected chi connectivity index (χ4v) is 3.09.